The third-order valence-corrected chi connectivity index (χ3v) is 3.51. The molecule has 3 nitrogen and oxygen atoms in total. The second kappa shape index (κ2) is 7.88. The largest absolute Gasteiger partial charge is 0.395 e. The lowest BCUT2D eigenvalue weighted by molar-refractivity contribution is 0.146. The van der Waals surface area contributed by atoms with Gasteiger partial charge in [0.05, 0.1) is 6.61 Å². The molecule has 0 saturated carbocycles. The summed E-state index contributed by atoms with van der Waals surface area (Å²) in [7, 11) is 0. The van der Waals surface area contributed by atoms with Gasteiger partial charge in [-0.3, -0.25) is 4.90 Å². The molecule has 0 heterocycles. The lowest BCUT2D eigenvalue weighted by Gasteiger charge is -2.31. The molecule has 1 atom stereocenters. The molecule has 0 bridgehead atoms. The van der Waals surface area contributed by atoms with E-state index in [-0.39, 0.29) is 18.5 Å². The minimum atomic E-state index is -0.269. The van der Waals surface area contributed by atoms with Gasteiger partial charge < -0.3 is 10.8 Å². The zero-order chi connectivity index (χ0) is 15.1. The van der Waals surface area contributed by atoms with Gasteiger partial charge in [0.15, 0.2) is 0 Å². The van der Waals surface area contributed by atoms with Gasteiger partial charge in [-0.2, -0.15) is 0 Å². The van der Waals surface area contributed by atoms with Crippen LogP contribution in [0.3, 0.4) is 0 Å². The van der Waals surface area contributed by atoms with Crippen LogP contribution in [0, 0.1) is 5.82 Å². The zero-order valence-electron chi connectivity index (χ0n) is 12.0. The monoisotopic (exact) mass is 288 g/mol. The minimum Gasteiger partial charge on any atom is -0.395 e. The highest BCUT2D eigenvalue weighted by Crippen LogP contribution is 2.22. The summed E-state index contributed by atoms with van der Waals surface area (Å²) in [6.07, 6.45) is 0. The van der Waals surface area contributed by atoms with Crippen LogP contribution in [0.4, 0.5) is 4.39 Å². The van der Waals surface area contributed by atoms with Gasteiger partial charge in [-0.25, -0.2) is 4.39 Å². The van der Waals surface area contributed by atoms with Crippen molar-refractivity contribution in [3.05, 3.63) is 71.5 Å². The summed E-state index contributed by atoms with van der Waals surface area (Å²) in [6, 6.07) is 16.4. The Morgan fingerprint density at radius 2 is 1.86 bits per heavy atom. The molecule has 4 heteroatoms. The summed E-state index contributed by atoms with van der Waals surface area (Å²) in [5.41, 5.74) is 7.87. The molecule has 0 saturated heterocycles. The van der Waals surface area contributed by atoms with E-state index in [1.165, 1.54) is 12.1 Å². The van der Waals surface area contributed by atoms with E-state index >= 15 is 0 Å². The fraction of sp³-hybridized carbons (Fsp3) is 0.294. The van der Waals surface area contributed by atoms with Gasteiger partial charge in [0.1, 0.15) is 5.82 Å². The van der Waals surface area contributed by atoms with Crippen molar-refractivity contribution in [1.29, 1.82) is 0 Å². The Bertz CT molecular complexity index is 547. The summed E-state index contributed by atoms with van der Waals surface area (Å²) < 4.78 is 13.4. The topological polar surface area (TPSA) is 49.5 Å². The van der Waals surface area contributed by atoms with Crippen LogP contribution in [0.15, 0.2) is 54.6 Å². The molecule has 0 amide bonds. The highest BCUT2D eigenvalue weighted by Gasteiger charge is 2.19. The van der Waals surface area contributed by atoms with Crippen LogP contribution in [0.5, 0.6) is 0 Å². The lowest BCUT2D eigenvalue weighted by Crippen LogP contribution is -2.35. The third-order valence-electron chi connectivity index (χ3n) is 3.51. The van der Waals surface area contributed by atoms with Gasteiger partial charge in [-0.15, -0.1) is 0 Å². The quantitative estimate of drug-likeness (QED) is 0.822. The first-order chi connectivity index (χ1) is 10.2. The Hall–Kier alpha value is -1.75. The molecule has 0 spiro atoms. The van der Waals surface area contributed by atoms with Crippen LogP contribution in [0.2, 0.25) is 0 Å². The Balaban J connectivity index is 2.22. The molecule has 21 heavy (non-hydrogen) atoms. The summed E-state index contributed by atoms with van der Waals surface area (Å²) in [5.74, 6) is -0.269. The number of nitrogens with two attached hydrogens (primary N) is 1. The van der Waals surface area contributed by atoms with Crippen molar-refractivity contribution >= 4 is 0 Å². The van der Waals surface area contributed by atoms with Crippen LogP contribution in [-0.2, 0) is 6.54 Å². The zero-order valence-corrected chi connectivity index (χ0v) is 12.0. The smallest absolute Gasteiger partial charge is 0.123 e. The van der Waals surface area contributed by atoms with Crippen molar-refractivity contribution in [3.8, 4) is 0 Å². The SMILES string of the molecule is NCC(c1cccc(F)c1)N(CCO)Cc1ccccc1. The Labute approximate surface area is 124 Å². The molecule has 1 unspecified atom stereocenters. The average molecular weight is 288 g/mol. The van der Waals surface area contributed by atoms with Crippen LogP contribution >= 0.6 is 0 Å². The predicted octanol–water partition coefficient (Wildman–Crippen LogP) is 2.32. The maximum absolute atomic E-state index is 13.4. The minimum absolute atomic E-state index is 0.0403. The van der Waals surface area contributed by atoms with Gasteiger partial charge in [0.25, 0.3) is 0 Å². The Morgan fingerprint density at radius 1 is 1.10 bits per heavy atom. The molecule has 2 rings (SSSR count). The molecular weight excluding hydrogens is 267 g/mol. The maximum atomic E-state index is 13.4. The molecule has 0 aliphatic heterocycles. The first-order valence-corrected chi connectivity index (χ1v) is 7.09. The summed E-state index contributed by atoms with van der Waals surface area (Å²) in [5, 5.41) is 9.30. The molecule has 2 aromatic carbocycles. The number of rotatable bonds is 7. The number of aliphatic hydroxyl groups excluding tert-OH is 1. The first-order valence-electron chi connectivity index (χ1n) is 7.09. The second-order valence-corrected chi connectivity index (χ2v) is 4.99. The van der Waals surface area contributed by atoms with E-state index in [1.807, 2.05) is 36.4 Å². The molecule has 2 aromatic rings. The van der Waals surface area contributed by atoms with E-state index in [0.717, 1.165) is 11.1 Å². The number of hydrogen-bond donors (Lipinski definition) is 2. The molecule has 3 N–H and O–H groups in total. The van der Waals surface area contributed by atoms with Crippen molar-refractivity contribution in [3.63, 3.8) is 0 Å². The van der Waals surface area contributed by atoms with Gasteiger partial charge in [0, 0.05) is 25.7 Å². The molecule has 0 aliphatic carbocycles. The fourth-order valence-electron chi connectivity index (χ4n) is 2.50. The highest BCUT2D eigenvalue weighted by molar-refractivity contribution is 5.22. The van der Waals surface area contributed by atoms with Gasteiger partial charge >= 0.3 is 0 Å². The fourth-order valence-corrected chi connectivity index (χ4v) is 2.50. The Morgan fingerprint density at radius 3 is 2.48 bits per heavy atom. The summed E-state index contributed by atoms with van der Waals surface area (Å²) in [4.78, 5) is 2.07. The van der Waals surface area contributed by atoms with E-state index in [4.69, 9.17) is 5.73 Å². The molecule has 0 radical (unpaired) electrons. The number of aliphatic hydroxyl groups is 1. The van der Waals surface area contributed by atoms with E-state index < -0.39 is 0 Å². The summed E-state index contributed by atoms with van der Waals surface area (Å²) >= 11 is 0. The molecule has 112 valence electrons. The van der Waals surface area contributed by atoms with E-state index in [9.17, 15) is 9.50 Å². The molecule has 0 fully saturated rings. The van der Waals surface area contributed by atoms with Crippen molar-refractivity contribution < 1.29 is 9.50 Å². The Kier molecular flexibility index (Phi) is 5.87. The van der Waals surface area contributed by atoms with Crippen molar-refractivity contribution in [1.82, 2.24) is 4.90 Å². The standard InChI is InChI=1S/C17H21FN2O/c18-16-8-4-7-15(11-16)17(12-19)20(9-10-21)13-14-5-2-1-3-6-14/h1-8,11,17,21H,9-10,12-13,19H2. The van der Waals surface area contributed by atoms with Gasteiger partial charge in [-0.05, 0) is 23.3 Å². The van der Waals surface area contributed by atoms with E-state index in [1.54, 1.807) is 6.07 Å². The van der Waals surface area contributed by atoms with Crippen molar-refractivity contribution in [2.75, 3.05) is 19.7 Å². The van der Waals surface area contributed by atoms with Crippen LogP contribution < -0.4 is 5.73 Å². The van der Waals surface area contributed by atoms with Crippen LogP contribution in [-0.4, -0.2) is 29.7 Å². The van der Waals surface area contributed by atoms with E-state index in [0.29, 0.717) is 19.6 Å². The normalized spacial score (nSPS) is 12.6. The average Bonchev–Trinajstić information content (AvgIpc) is 2.49. The second-order valence-electron chi connectivity index (χ2n) is 4.99. The van der Waals surface area contributed by atoms with Gasteiger partial charge in [-0.1, -0.05) is 42.5 Å². The third kappa shape index (κ3) is 4.36. The van der Waals surface area contributed by atoms with Crippen molar-refractivity contribution in [2.45, 2.75) is 12.6 Å². The number of nitrogens with zero attached hydrogens (tertiary/aromatic N) is 1. The molecular formula is C17H21FN2O. The maximum Gasteiger partial charge on any atom is 0.123 e. The van der Waals surface area contributed by atoms with E-state index in [2.05, 4.69) is 4.90 Å². The molecule has 0 aromatic heterocycles. The summed E-state index contributed by atoms with van der Waals surface area (Å²) in [6.45, 7) is 1.57. The van der Waals surface area contributed by atoms with Gasteiger partial charge in [0.2, 0.25) is 0 Å². The highest BCUT2D eigenvalue weighted by atomic mass is 19.1. The number of halogens is 1. The van der Waals surface area contributed by atoms with Crippen LogP contribution in [0.1, 0.15) is 17.2 Å². The molecule has 0 aliphatic rings. The number of hydrogen-bond acceptors (Lipinski definition) is 3. The van der Waals surface area contributed by atoms with Crippen LogP contribution in [0.25, 0.3) is 0 Å². The number of benzene rings is 2. The van der Waals surface area contributed by atoms with Crippen molar-refractivity contribution in [2.24, 2.45) is 5.73 Å². The lowest BCUT2D eigenvalue weighted by atomic mass is 10.0. The first kappa shape index (κ1) is 15.6. The predicted molar refractivity (Wildman–Crippen MR) is 82.1 cm³/mol.